The van der Waals surface area contributed by atoms with Gasteiger partial charge < -0.3 is 9.30 Å². The summed E-state index contributed by atoms with van der Waals surface area (Å²) in [5.74, 6) is 0. The van der Waals surface area contributed by atoms with E-state index in [-0.39, 0.29) is 6.61 Å². The van der Waals surface area contributed by atoms with Crippen LogP contribution < -0.4 is 0 Å². The van der Waals surface area contributed by atoms with E-state index in [0.717, 1.165) is 17.2 Å². The van der Waals surface area contributed by atoms with E-state index in [2.05, 4.69) is 4.74 Å². The van der Waals surface area contributed by atoms with Crippen molar-refractivity contribution in [3.63, 3.8) is 0 Å². The van der Waals surface area contributed by atoms with Crippen LogP contribution in [0.3, 0.4) is 0 Å². The number of carbonyl (C=O) groups excluding carboxylic acids is 1. The second-order valence-electron chi connectivity index (χ2n) is 4.07. The lowest BCUT2D eigenvalue weighted by Crippen LogP contribution is -2.18. The maximum absolute atomic E-state index is 11.9. The molecule has 0 spiro atoms. The highest BCUT2D eigenvalue weighted by molar-refractivity contribution is 5.97. The Hall–Kier alpha value is -1.82. The Kier molecular flexibility index (Phi) is 3.90. The average Bonchev–Trinajstić information content (AvgIpc) is 2.76. The molecule has 102 valence electrons. The second-order valence-corrected chi connectivity index (χ2v) is 4.07. The number of fused-ring (bicyclic) bond motifs is 1. The Morgan fingerprint density at radius 2 is 2.05 bits per heavy atom. The van der Waals surface area contributed by atoms with E-state index >= 15 is 0 Å². The summed E-state index contributed by atoms with van der Waals surface area (Å²) >= 11 is 0. The molecule has 0 amide bonds. The molecule has 2 aromatic rings. The first kappa shape index (κ1) is 13.6. The molecule has 0 radical (unpaired) electrons. The van der Waals surface area contributed by atoms with Gasteiger partial charge in [0.1, 0.15) is 6.61 Å². The Morgan fingerprint density at radius 3 is 2.74 bits per heavy atom. The number of hydrogen-bond acceptors (Lipinski definition) is 2. The van der Waals surface area contributed by atoms with Crippen molar-refractivity contribution in [2.45, 2.75) is 12.7 Å². The lowest BCUT2D eigenvalue weighted by molar-refractivity contribution is -0.174. The smallest absolute Gasteiger partial charge is 0.370 e. The molecule has 1 aromatic carbocycles. The van der Waals surface area contributed by atoms with Crippen molar-refractivity contribution in [3.8, 4) is 0 Å². The topological polar surface area (TPSA) is 31.2 Å². The number of rotatable bonds is 5. The highest BCUT2D eigenvalue weighted by atomic mass is 19.4. The number of hydrogen-bond donors (Lipinski definition) is 0. The third-order valence-electron chi connectivity index (χ3n) is 2.72. The summed E-state index contributed by atoms with van der Waals surface area (Å²) in [4.78, 5) is 10.8. The Morgan fingerprint density at radius 1 is 1.26 bits per heavy atom. The van der Waals surface area contributed by atoms with Gasteiger partial charge in [0.2, 0.25) is 0 Å². The zero-order chi connectivity index (χ0) is 13.9. The summed E-state index contributed by atoms with van der Waals surface area (Å²) in [5, 5.41) is 0.785. The molecular weight excluding hydrogens is 259 g/mol. The molecule has 0 fully saturated rings. The predicted molar refractivity (Wildman–Crippen MR) is 64.2 cm³/mol. The lowest BCUT2D eigenvalue weighted by Gasteiger charge is -2.09. The SMILES string of the molecule is O=Cc1cccc2c1ccn2CCOCC(F)(F)F. The predicted octanol–water partition coefficient (Wildman–Crippen LogP) is 3.03. The van der Waals surface area contributed by atoms with Gasteiger partial charge in [-0.1, -0.05) is 12.1 Å². The summed E-state index contributed by atoms with van der Waals surface area (Å²) in [7, 11) is 0. The number of alkyl halides is 3. The van der Waals surface area contributed by atoms with Crippen LogP contribution in [0.1, 0.15) is 10.4 Å². The zero-order valence-corrected chi connectivity index (χ0v) is 9.98. The molecule has 19 heavy (non-hydrogen) atoms. The van der Waals surface area contributed by atoms with Crippen molar-refractivity contribution in [2.75, 3.05) is 13.2 Å². The maximum Gasteiger partial charge on any atom is 0.411 e. The first-order valence-corrected chi connectivity index (χ1v) is 5.69. The van der Waals surface area contributed by atoms with Crippen LogP contribution in [0.2, 0.25) is 0 Å². The summed E-state index contributed by atoms with van der Waals surface area (Å²) in [6.45, 7) is -0.970. The zero-order valence-electron chi connectivity index (χ0n) is 9.98. The Balaban J connectivity index is 2.04. The molecule has 2 rings (SSSR count). The van der Waals surface area contributed by atoms with Crippen LogP contribution in [0.4, 0.5) is 13.2 Å². The molecule has 1 aromatic heterocycles. The summed E-state index contributed by atoms with van der Waals surface area (Å²) in [6.07, 6.45) is -1.81. The van der Waals surface area contributed by atoms with Gasteiger partial charge in [0.25, 0.3) is 0 Å². The minimum Gasteiger partial charge on any atom is -0.370 e. The van der Waals surface area contributed by atoms with Crippen molar-refractivity contribution in [1.82, 2.24) is 4.57 Å². The lowest BCUT2D eigenvalue weighted by atomic mass is 10.1. The third-order valence-corrected chi connectivity index (χ3v) is 2.72. The molecule has 0 aliphatic carbocycles. The fourth-order valence-corrected chi connectivity index (χ4v) is 1.90. The normalized spacial score (nSPS) is 11.9. The standard InChI is InChI=1S/C13H12F3NO2/c14-13(15,16)9-19-7-6-17-5-4-11-10(8-18)2-1-3-12(11)17/h1-5,8H,6-7,9H2. The Labute approximate surface area is 107 Å². The fraction of sp³-hybridized carbons (Fsp3) is 0.308. The molecule has 0 aliphatic heterocycles. The molecule has 1 heterocycles. The van der Waals surface area contributed by atoms with E-state index in [0.29, 0.717) is 12.1 Å². The van der Waals surface area contributed by atoms with Crippen LogP contribution in [0.5, 0.6) is 0 Å². The number of benzene rings is 1. The van der Waals surface area contributed by atoms with E-state index in [4.69, 9.17) is 0 Å². The molecule has 0 aliphatic rings. The number of nitrogens with zero attached hydrogens (tertiary/aromatic N) is 1. The van der Waals surface area contributed by atoms with Crippen LogP contribution in [0, 0.1) is 0 Å². The minimum absolute atomic E-state index is 0.0331. The van der Waals surface area contributed by atoms with Crippen LogP contribution in [-0.2, 0) is 11.3 Å². The van der Waals surface area contributed by atoms with Gasteiger partial charge in [0, 0.05) is 29.2 Å². The van der Waals surface area contributed by atoms with E-state index < -0.39 is 12.8 Å². The fourth-order valence-electron chi connectivity index (χ4n) is 1.90. The van der Waals surface area contributed by atoms with Crippen molar-refractivity contribution in [3.05, 3.63) is 36.0 Å². The largest absolute Gasteiger partial charge is 0.411 e. The quantitative estimate of drug-likeness (QED) is 0.618. The molecular formula is C13H12F3NO2. The summed E-state index contributed by atoms with van der Waals surface area (Å²) in [6, 6.07) is 7.01. The molecule has 6 heteroatoms. The van der Waals surface area contributed by atoms with Crippen LogP contribution >= 0.6 is 0 Å². The van der Waals surface area contributed by atoms with Crippen LogP contribution in [-0.4, -0.2) is 30.2 Å². The molecule has 0 atom stereocenters. The average molecular weight is 271 g/mol. The van der Waals surface area contributed by atoms with Crippen LogP contribution in [0.15, 0.2) is 30.5 Å². The number of ether oxygens (including phenoxy) is 1. The van der Waals surface area contributed by atoms with Crippen molar-refractivity contribution in [2.24, 2.45) is 0 Å². The first-order chi connectivity index (χ1) is 9.01. The van der Waals surface area contributed by atoms with E-state index in [9.17, 15) is 18.0 Å². The molecule has 0 unspecified atom stereocenters. The molecule has 0 saturated carbocycles. The van der Waals surface area contributed by atoms with Gasteiger partial charge in [0.05, 0.1) is 6.61 Å². The van der Waals surface area contributed by atoms with Crippen molar-refractivity contribution >= 4 is 17.2 Å². The van der Waals surface area contributed by atoms with Gasteiger partial charge in [-0.25, -0.2) is 0 Å². The van der Waals surface area contributed by atoms with Crippen molar-refractivity contribution in [1.29, 1.82) is 0 Å². The molecule has 3 nitrogen and oxygen atoms in total. The molecule has 0 bridgehead atoms. The van der Waals surface area contributed by atoms with E-state index in [1.54, 1.807) is 29.0 Å². The van der Waals surface area contributed by atoms with Gasteiger partial charge in [-0.15, -0.1) is 0 Å². The first-order valence-electron chi connectivity index (χ1n) is 5.69. The number of aromatic nitrogens is 1. The van der Waals surface area contributed by atoms with E-state index in [1.807, 2.05) is 6.07 Å². The number of carbonyl (C=O) groups is 1. The summed E-state index contributed by atoms with van der Waals surface area (Å²) < 4.78 is 42.0. The highest BCUT2D eigenvalue weighted by Crippen LogP contribution is 2.19. The van der Waals surface area contributed by atoms with Gasteiger partial charge in [0.15, 0.2) is 6.29 Å². The Bertz CT molecular complexity index is 575. The number of halogens is 3. The van der Waals surface area contributed by atoms with E-state index in [1.165, 1.54) is 0 Å². The summed E-state index contributed by atoms with van der Waals surface area (Å²) in [5.41, 5.74) is 1.37. The molecule has 0 saturated heterocycles. The third kappa shape index (κ3) is 3.35. The highest BCUT2D eigenvalue weighted by Gasteiger charge is 2.27. The second kappa shape index (κ2) is 5.44. The van der Waals surface area contributed by atoms with Gasteiger partial charge >= 0.3 is 6.18 Å². The monoisotopic (exact) mass is 271 g/mol. The maximum atomic E-state index is 11.9. The van der Waals surface area contributed by atoms with Gasteiger partial charge in [-0.05, 0) is 12.1 Å². The van der Waals surface area contributed by atoms with Gasteiger partial charge in [-0.3, -0.25) is 4.79 Å². The molecule has 0 N–H and O–H groups in total. The van der Waals surface area contributed by atoms with Crippen molar-refractivity contribution < 1.29 is 22.7 Å². The number of aldehydes is 1. The van der Waals surface area contributed by atoms with Gasteiger partial charge in [-0.2, -0.15) is 13.2 Å². The minimum atomic E-state index is -4.30. The van der Waals surface area contributed by atoms with Crippen LogP contribution in [0.25, 0.3) is 10.9 Å².